The summed E-state index contributed by atoms with van der Waals surface area (Å²) in [6.07, 6.45) is 11.1. The Morgan fingerprint density at radius 3 is 2.27 bits per heavy atom. The van der Waals surface area contributed by atoms with E-state index in [1.807, 2.05) is 13.0 Å². The lowest BCUT2D eigenvalue weighted by molar-refractivity contribution is -0.145. The molecule has 6 nitrogen and oxygen atoms in total. The number of allylic oxidation sites excluding steroid dienone is 1. The summed E-state index contributed by atoms with van der Waals surface area (Å²) >= 11 is 0. The monoisotopic (exact) mass is 440 g/mol. The third kappa shape index (κ3) is 12.8. The molecule has 0 saturated carbocycles. The highest BCUT2D eigenvalue weighted by molar-refractivity contribution is 6.74. The van der Waals surface area contributed by atoms with Gasteiger partial charge in [0.1, 0.15) is 0 Å². The summed E-state index contributed by atoms with van der Waals surface area (Å²) in [5.41, 5.74) is 0. The zero-order chi connectivity index (χ0) is 23.4. The summed E-state index contributed by atoms with van der Waals surface area (Å²) in [7, 11) is -0.744. The first kappa shape index (κ1) is 28.3. The summed E-state index contributed by atoms with van der Waals surface area (Å²) in [5, 5.41) is 10.2. The number of aliphatic hydroxyl groups is 1. The topological polar surface area (TPSA) is 82.1 Å². The summed E-state index contributed by atoms with van der Waals surface area (Å²) in [4.78, 5) is 22.3. The number of carbonyl (C=O) groups excluding carboxylic acids is 2. The Bertz CT molecular complexity index is 616. The normalized spacial score (nSPS) is 16.2. The first-order chi connectivity index (χ1) is 13.8. The molecular weight excluding hydrogens is 400 g/mol. The lowest BCUT2D eigenvalue weighted by Gasteiger charge is -2.38. The summed E-state index contributed by atoms with van der Waals surface area (Å²) in [6.45, 7) is 14.0. The van der Waals surface area contributed by atoms with E-state index in [0.717, 1.165) is 19.3 Å². The molecule has 0 aliphatic carbocycles. The Hall–Kier alpha value is -1.70. The van der Waals surface area contributed by atoms with Crippen LogP contribution in [0.3, 0.4) is 0 Å². The van der Waals surface area contributed by atoms with Crippen LogP contribution in [0.1, 0.15) is 53.9 Å². The number of esters is 2. The quantitative estimate of drug-likeness (QED) is 0.156. The molecular formula is C23H40O6Si. The van der Waals surface area contributed by atoms with Gasteiger partial charge in [-0.25, -0.2) is 4.79 Å². The van der Waals surface area contributed by atoms with Gasteiger partial charge < -0.3 is 19.0 Å². The van der Waals surface area contributed by atoms with Gasteiger partial charge in [-0.1, -0.05) is 45.1 Å². The number of hydrogen-bond donors (Lipinski definition) is 1. The SMILES string of the molecule is COC(=O)/C=C/[C@H](/C=C\[C@@H](O)/C=C/CCC[C@H](C)OC(C)=O)O[Si](C)(C)C(C)(C)C. The fourth-order valence-electron chi connectivity index (χ4n) is 2.29. The predicted octanol–water partition coefficient (Wildman–Crippen LogP) is 4.70. The van der Waals surface area contributed by atoms with Crippen molar-refractivity contribution in [3.63, 3.8) is 0 Å². The van der Waals surface area contributed by atoms with E-state index in [2.05, 4.69) is 38.6 Å². The van der Waals surface area contributed by atoms with Crippen molar-refractivity contribution >= 4 is 20.3 Å². The first-order valence-corrected chi connectivity index (χ1v) is 13.3. The van der Waals surface area contributed by atoms with E-state index < -0.39 is 26.5 Å². The highest BCUT2D eigenvalue weighted by Gasteiger charge is 2.38. The maximum Gasteiger partial charge on any atom is 0.330 e. The maximum atomic E-state index is 11.5. The molecule has 0 aromatic heterocycles. The van der Waals surface area contributed by atoms with Crippen LogP contribution in [0.15, 0.2) is 36.5 Å². The molecule has 0 fully saturated rings. The second kappa shape index (κ2) is 13.6. The molecule has 0 bridgehead atoms. The van der Waals surface area contributed by atoms with Crippen LogP contribution in [-0.4, -0.2) is 50.8 Å². The van der Waals surface area contributed by atoms with Crippen molar-refractivity contribution in [3.05, 3.63) is 36.5 Å². The molecule has 1 N–H and O–H groups in total. The first-order valence-electron chi connectivity index (χ1n) is 10.4. The van der Waals surface area contributed by atoms with Crippen LogP contribution in [0.2, 0.25) is 18.1 Å². The van der Waals surface area contributed by atoms with Crippen molar-refractivity contribution in [2.24, 2.45) is 0 Å². The van der Waals surface area contributed by atoms with Gasteiger partial charge in [-0.15, -0.1) is 0 Å². The summed E-state index contributed by atoms with van der Waals surface area (Å²) in [5.74, 6) is -0.718. The van der Waals surface area contributed by atoms with Crippen LogP contribution in [0.4, 0.5) is 0 Å². The van der Waals surface area contributed by atoms with Crippen LogP contribution < -0.4 is 0 Å². The van der Waals surface area contributed by atoms with Crippen molar-refractivity contribution in [2.45, 2.75) is 90.3 Å². The molecule has 0 spiro atoms. The van der Waals surface area contributed by atoms with Crippen molar-refractivity contribution in [3.8, 4) is 0 Å². The van der Waals surface area contributed by atoms with E-state index in [0.29, 0.717) is 0 Å². The molecule has 0 aromatic rings. The zero-order valence-corrected chi connectivity index (χ0v) is 20.8. The second-order valence-corrected chi connectivity index (χ2v) is 13.6. The Kier molecular flexibility index (Phi) is 12.8. The van der Waals surface area contributed by atoms with Crippen LogP contribution in [0.5, 0.6) is 0 Å². The Labute approximate surface area is 183 Å². The van der Waals surface area contributed by atoms with Gasteiger partial charge in [0.25, 0.3) is 0 Å². The lowest BCUT2D eigenvalue weighted by atomic mass is 10.1. The van der Waals surface area contributed by atoms with Gasteiger partial charge in [-0.3, -0.25) is 4.79 Å². The van der Waals surface area contributed by atoms with Gasteiger partial charge in [0.2, 0.25) is 0 Å². The fourth-order valence-corrected chi connectivity index (χ4v) is 3.48. The van der Waals surface area contributed by atoms with Crippen molar-refractivity contribution in [1.29, 1.82) is 0 Å². The number of rotatable bonds is 12. The van der Waals surface area contributed by atoms with E-state index >= 15 is 0 Å². The molecule has 0 saturated heterocycles. The van der Waals surface area contributed by atoms with E-state index in [-0.39, 0.29) is 17.1 Å². The van der Waals surface area contributed by atoms with E-state index in [1.165, 1.54) is 20.1 Å². The number of aliphatic hydroxyl groups excluding tert-OH is 1. The number of unbranched alkanes of at least 4 members (excludes halogenated alkanes) is 1. The average Bonchev–Trinajstić information content (AvgIpc) is 2.61. The third-order valence-electron chi connectivity index (χ3n) is 5.04. The molecule has 7 heteroatoms. The minimum Gasteiger partial charge on any atom is -0.466 e. The smallest absolute Gasteiger partial charge is 0.330 e. The van der Waals surface area contributed by atoms with Crippen LogP contribution in [0, 0.1) is 0 Å². The molecule has 0 rings (SSSR count). The highest BCUT2D eigenvalue weighted by atomic mass is 28.4. The van der Waals surface area contributed by atoms with Crippen LogP contribution >= 0.6 is 0 Å². The molecule has 0 amide bonds. The van der Waals surface area contributed by atoms with Gasteiger partial charge in [0.05, 0.1) is 25.4 Å². The Balaban J connectivity index is 4.85. The average molecular weight is 441 g/mol. The number of ether oxygens (including phenoxy) is 2. The fraction of sp³-hybridized carbons (Fsp3) is 0.652. The van der Waals surface area contributed by atoms with Gasteiger partial charge in [0.15, 0.2) is 8.32 Å². The molecule has 172 valence electrons. The second-order valence-electron chi connectivity index (χ2n) is 8.88. The van der Waals surface area contributed by atoms with Crippen molar-refractivity contribution < 1.29 is 28.6 Å². The molecule has 0 unspecified atom stereocenters. The minimum absolute atomic E-state index is 0.0138. The Morgan fingerprint density at radius 2 is 1.73 bits per heavy atom. The molecule has 0 heterocycles. The Morgan fingerprint density at radius 1 is 1.10 bits per heavy atom. The minimum atomic E-state index is -2.07. The highest BCUT2D eigenvalue weighted by Crippen LogP contribution is 2.37. The van der Waals surface area contributed by atoms with Gasteiger partial charge >= 0.3 is 11.9 Å². The molecule has 0 aliphatic heterocycles. The third-order valence-corrected chi connectivity index (χ3v) is 9.51. The molecule has 0 aliphatic rings. The molecule has 0 radical (unpaired) electrons. The largest absolute Gasteiger partial charge is 0.466 e. The van der Waals surface area contributed by atoms with Crippen molar-refractivity contribution in [1.82, 2.24) is 0 Å². The number of hydrogen-bond acceptors (Lipinski definition) is 6. The molecule has 0 aromatic carbocycles. The van der Waals surface area contributed by atoms with Gasteiger partial charge in [-0.2, -0.15) is 0 Å². The molecule has 3 atom stereocenters. The van der Waals surface area contributed by atoms with E-state index in [4.69, 9.17) is 9.16 Å². The summed E-state index contributed by atoms with van der Waals surface area (Å²) in [6, 6.07) is 0. The maximum absolute atomic E-state index is 11.5. The van der Waals surface area contributed by atoms with Gasteiger partial charge in [-0.05, 0) is 50.4 Å². The summed E-state index contributed by atoms with van der Waals surface area (Å²) < 4.78 is 16.1. The lowest BCUT2D eigenvalue weighted by Crippen LogP contribution is -2.43. The van der Waals surface area contributed by atoms with Crippen molar-refractivity contribution in [2.75, 3.05) is 7.11 Å². The van der Waals surface area contributed by atoms with E-state index in [1.54, 1.807) is 24.3 Å². The van der Waals surface area contributed by atoms with Crippen LogP contribution in [-0.2, 0) is 23.5 Å². The van der Waals surface area contributed by atoms with E-state index in [9.17, 15) is 14.7 Å². The zero-order valence-electron chi connectivity index (χ0n) is 19.8. The predicted molar refractivity (Wildman–Crippen MR) is 123 cm³/mol. The number of methoxy groups -OCH3 is 1. The molecule has 30 heavy (non-hydrogen) atoms. The number of carbonyl (C=O) groups is 2. The standard InChI is InChI=1S/C23H40O6Si/c1-18(28-19(2)24)12-10-9-11-13-20(25)14-15-21(16-17-22(26)27-6)29-30(7,8)23(3,4)5/h11,13-18,20-21,25H,9-10,12H2,1-8H3/b13-11+,15-14-,17-16+/t18-,20-,21-/m0/s1. The van der Waals surface area contributed by atoms with Crippen LogP contribution in [0.25, 0.3) is 0 Å². The van der Waals surface area contributed by atoms with Gasteiger partial charge in [0, 0.05) is 13.0 Å².